The molecule has 0 radical (unpaired) electrons. The normalized spacial score (nSPS) is 28.3. The zero-order valence-corrected chi connectivity index (χ0v) is 24.8. The summed E-state index contributed by atoms with van der Waals surface area (Å²) in [4.78, 5) is 11.8. The third-order valence-corrected chi connectivity index (χ3v) is 9.32. The number of morpholine rings is 1. The maximum atomic E-state index is 9.88. The van der Waals surface area contributed by atoms with Gasteiger partial charge in [-0.25, -0.2) is 9.50 Å². The first-order valence-electron chi connectivity index (χ1n) is 15.1. The molecule has 5 saturated heterocycles. The lowest BCUT2D eigenvalue weighted by atomic mass is 9.86. The Bertz CT molecular complexity index is 1470. The Morgan fingerprint density at radius 2 is 2.05 bits per heavy atom. The second-order valence-electron chi connectivity index (χ2n) is 12.1. The van der Waals surface area contributed by atoms with E-state index in [9.17, 15) is 5.26 Å². The van der Waals surface area contributed by atoms with Gasteiger partial charge in [0, 0.05) is 81.8 Å². The lowest BCUT2D eigenvalue weighted by Crippen LogP contribution is -2.72. The van der Waals surface area contributed by atoms with E-state index in [0.29, 0.717) is 49.0 Å². The van der Waals surface area contributed by atoms with Crippen LogP contribution < -0.4 is 25.8 Å². The third kappa shape index (κ3) is 5.62. The molecule has 5 aliphatic heterocycles. The number of piperazine rings is 2. The largest absolute Gasteiger partial charge is 0.489 e. The van der Waals surface area contributed by atoms with E-state index in [1.165, 1.54) is 12.0 Å². The quantitative estimate of drug-likeness (QED) is 0.336. The summed E-state index contributed by atoms with van der Waals surface area (Å²) in [5, 5.41) is 21.9. The molecule has 228 valence electrons. The first-order valence-corrected chi connectivity index (χ1v) is 15.1. The van der Waals surface area contributed by atoms with Gasteiger partial charge in [0.15, 0.2) is 5.82 Å². The summed E-state index contributed by atoms with van der Waals surface area (Å²) in [6.07, 6.45) is 5.21. The number of ether oxygens (including phenoxy) is 3. The lowest BCUT2D eigenvalue weighted by Gasteiger charge is -2.58. The number of anilines is 1. The van der Waals surface area contributed by atoms with Gasteiger partial charge >= 0.3 is 0 Å². The number of likely N-dealkylation sites (N-methyl/N-ethyl adjacent to an activating group) is 1. The number of nitrogens with one attached hydrogen (secondary N) is 2. The summed E-state index contributed by atoms with van der Waals surface area (Å²) in [6, 6.07) is 9.39. The number of nitrogen functional groups attached to an aromatic ring is 1. The number of pyridine rings is 2. The summed E-state index contributed by atoms with van der Waals surface area (Å²) in [7, 11) is 3.73. The topological polar surface area (TPSA) is 141 Å². The van der Waals surface area contributed by atoms with Crippen LogP contribution in [0.1, 0.15) is 29.2 Å². The molecule has 5 aliphatic rings. The Morgan fingerprint density at radius 3 is 2.74 bits per heavy atom. The molecule has 0 spiro atoms. The molecule has 2 bridgehead atoms. The van der Waals surface area contributed by atoms with Crippen LogP contribution in [0.15, 0.2) is 30.6 Å². The molecule has 0 aliphatic carbocycles. The van der Waals surface area contributed by atoms with Gasteiger partial charge in [0.25, 0.3) is 0 Å². The molecule has 3 aromatic rings. The maximum absolute atomic E-state index is 9.88. The Labute approximate surface area is 251 Å². The number of rotatable bonds is 8. The molecule has 13 heteroatoms. The van der Waals surface area contributed by atoms with Gasteiger partial charge in [-0.1, -0.05) is 6.07 Å². The highest BCUT2D eigenvalue weighted by Gasteiger charge is 2.46. The highest BCUT2D eigenvalue weighted by molar-refractivity contribution is 5.74. The van der Waals surface area contributed by atoms with E-state index < -0.39 is 0 Å². The first kappa shape index (κ1) is 28.3. The summed E-state index contributed by atoms with van der Waals surface area (Å²) < 4.78 is 19.0. The molecule has 8 rings (SSSR count). The number of nitrogens with zero attached hydrogens (tertiary/aromatic N) is 7. The van der Waals surface area contributed by atoms with Gasteiger partial charge in [-0.05, 0) is 25.1 Å². The van der Waals surface area contributed by atoms with Gasteiger partial charge in [0.05, 0.1) is 31.6 Å². The number of fused-ring (bicyclic) bond motifs is 3. The predicted octanol–water partition coefficient (Wildman–Crippen LogP) is 0.420. The summed E-state index contributed by atoms with van der Waals surface area (Å²) in [5.74, 6) is 1.55. The van der Waals surface area contributed by atoms with Gasteiger partial charge in [0.1, 0.15) is 30.1 Å². The van der Waals surface area contributed by atoms with E-state index in [1.807, 2.05) is 18.3 Å². The molecule has 5 fully saturated rings. The smallest absolute Gasteiger partial charge is 0.212 e. The second-order valence-corrected chi connectivity index (χ2v) is 12.1. The molecule has 4 unspecified atom stereocenters. The summed E-state index contributed by atoms with van der Waals surface area (Å²) >= 11 is 0. The minimum Gasteiger partial charge on any atom is -0.489 e. The number of methoxy groups -OCH3 is 1. The minimum absolute atomic E-state index is 0.00467. The standard InChI is InChI=1S/C30H40N10O3/c1-37-5-6-42-23(16-37)18-43-22-8-24(29-25(9-31)30(32)36-40(29)17-22)26-11-34-27(12-33-26)38-14-20-7-21(15-38)39(20)13-19-3-4-28(41-2)35-10-19/h3-4,8,10,17,20-21,23,26-27,33-34H,5-7,11-16,18H2,1-2H3,(H2,32,36)/t20?,21?,23-,26?,27?/m0/s1. The molecular formula is C30H40N10O3. The molecule has 43 heavy (non-hydrogen) atoms. The average molecular weight is 589 g/mol. The summed E-state index contributed by atoms with van der Waals surface area (Å²) in [5.41, 5.74) is 9.44. The Hall–Kier alpha value is -3.51. The Balaban J connectivity index is 1.00. The van der Waals surface area contributed by atoms with E-state index in [-0.39, 0.29) is 24.1 Å². The number of aromatic nitrogens is 3. The third-order valence-electron chi connectivity index (χ3n) is 9.32. The Kier molecular flexibility index (Phi) is 7.81. The lowest BCUT2D eigenvalue weighted by molar-refractivity contribution is -0.0935. The maximum Gasteiger partial charge on any atom is 0.212 e. The fourth-order valence-electron chi connectivity index (χ4n) is 7.01. The van der Waals surface area contributed by atoms with Crippen LogP contribution in [0.5, 0.6) is 11.6 Å². The monoisotopic (exact) mass is 588 g/mol. The minimum atomic E-state index is -0.0269. The SMILES string of the molecule is COc1ccc(CN2C3CC2CN(C2CNC(c4cc(OC[C@@H]5CN(C)CCO5)cn5nc(N)c(C#N)c45)CN2)C3)cn1. The van der Waals surface area contributed by atoms with Crippen molar-refractivity contribution >= 4 is 11.3 Å². The second kappa shape index (κ2) is 11.9. The van der Waals surface area contributed by atoms with Crippen LogP contribution in [0.3, 0.4) is 0 Å². The molecule has 0 saturated carbocycles. The molecular weight excluding hydrogens is 548 g/mol. The molecule has 8 heterocycles. The van der Waals surface area contributed by atoms with Crippen molar-refractivity contribution < 1.29 is 14.2 Å². The molecule has 0 amide bonds. The first-order chi connectivity index (χ1) is 21.0. The van der Waals surface area contributed by atoms with E-state index >= 15 is 0 Å². The van der Waals surface area contributed by atoms with Crippen molar-refractivity contribution in [3.05, 3.63) is 47.3 Å². The van der Waals surface area contributed by atoms with E-state index in [1.54, 1.807) is 17.8 Å². The fraction of sp³-hybridized carbons (Fsp3) is 0.567. The van der Waals surface area contributed by atoms with Crippen LogP contribution in [-0.2, 0) is 11.3 Å². The van der Waals surface area contributed by atoms with Crippen LogP contribution in [0.2, 0.25) is 0 Å². The number of nitrogens with two attached hydrogens (primary N) is 1. The van der Waals surface area contributed by atoms with E-state index in [2.05, 4.69) is 54.6 Å². The van der Waals surface area contributed by atoms with Crippen molar-refractivity contribution in [3.63, 3.8) is 0 Å². The van der Waals surface area contributed by atoms with Crippen molar-refractivity contribution in [1.29, 1.82) is 5.26 Å². The highest BCUT2D eigenvalue weighted by atomic mass is 16.5. The van der Waals surface area contributed by atoms with Crippen LogP contribution in [-0.4, -0.2) is 120 Å². The van der Waals surface area contributed by atoms with Crippen LogP contribution in [0.25, 0.3) is 5.52 Å². The van der Waals surface area contributed by atoms with Gasteiger partial charge in [-0.15, -0.1) is 5.10 Å². The van der Waals surface area contributed by atoms with Crippen molar-refractivity contribution in [2.45, 2.75) is 43.4 Å². The fourth-order valence-corrected chi connectivity index (χ4v) is 7.01. The zero-order valence-electron chi connectivity index (χ0n) is 24.8. The molecule has 4 N–H and O–H groups in total. The van der Waals surface area contributed by atoms with Crippen LogP contribution in [0.4, 0.5) is 5.82 Å². The number of piperidine rings is 1. The average Bonchev–Trinajstić information content (AvgIpc) is 3.37. The molecule has 5 atom stereocenters. The van der Waals surface area contributed by atoms with E-state index in [0.717, 1.165) is 50.3 Å². The van der Waals surface area contributed by atoms with Crippen LogP contribution >= 0.6 is 0 Å². The van der Waals surface area contributed by atoms with E-state index in [4.69, 9.17) is 19.9 Å². The van der Waals surface area contributed by atoms with Gasteiger partial charge < -0.3 is 30.2 Å². The Morgan fingerprint density at radius 1 is 1.19 bits per heavy atom. The van der Waals surface area contributed by atoms with Crippen molar-refractivity contribution in [1.82, 2.24) is 39.9 Å². The van der Waals surface area contributed by atoms with Gasteiger partial charge in [-0.2, -0.15) is 5.26 Å². The number of hydrogen-bond donors (Lipinski definition) is 3. The van der Waals surface area contributed by atoms with Crippen LogP contribution in [0, 0.1) is 11.3 Å². The number of nitriles is 1. The van der Waals surface area contributed by atoms with Gasteiger partial charge in [0.2, 0.25) is 5.88 Å². The van der Waals surface area contributed by atoms with Crippen molar-refractivity contribution in [3.8, 4) is 17.7 Å². The predicted molar refractivity (Wildman–Crippen MR) is 160 cm³/mol. The van der Waals surface area contributed by atoms with Gasteiger partial charge in [-0.3, -0.25) is 15.1 Å². The number of hydrogen-bond acceptors (Lipinski definition) is 12. The summed E-state index contributed by atoms with van der Waals surface area (Å²) in [6.45, 7) is 7.39. The molecule has 0 aromatic carbocycles. The zero-order chi connectivity index (χ0) is 29.5. The molecule has 13 nitrogen and oxygen atoms in total. The highest BCUT2D eigenvalue weighted by Crippen LogP contribution is 2.35. The van der Waals surface area contributed by atoms with Crippen molar-refractivity contribution in [2.24, 2.45) is 0 Å². The molecule has 3 aromatic heterocycles. The van der Waals surface area contributed by atoms with Crippen molar-refractivity contribution in [2.75, 3.05) is 72.4 Å².